The maximum absolute atomic E-state index is 13.1. The molecule has 0 saturated carbocycles. The van der Waals surface area contributed by atoms with E-state index in [2.05, 4.69) is 20.7 Å². The predicted octanol–water partition coefficient (Wildman–Crippen LogP) is 3.74. The molecule has 0 bridgehead atoms. The van der Waals surface area contributed by atoms with Gasteiger partial charge in [-0.25, -0.2) is 4.98 Å². The summed E-state index contributed by atoms with van der Waals surface area (Å²) in [7, 11) is 1.21. The minimum absolute atomic E-state index is 0.106. The molecule has 35 heavy (non-hydrogen) atoms. The minimum Gasteiger partial charge on any atom is -0.344 e. The Morgan fingerprint density at radius 3 is 1.91 bits per heavy atom. The number of halogens is 7. The molecule has 2 aromatic rings. The smallest absolute Gasteiger partial charge is 0.344 e. The highest BCUT2D eigenvalue weighted by molar-refractivity contribution is 6.30. The molecule has 2 unspecified atom stereocenters. The number of carbonyl (C=O) groups excluding carboxylic acids is 3. The van der Waals surface area contributed by atoms with Crippen molar-refractivity contribution in [1.82, 2.24) is 25.7 Å². The first-order valence-corrected chi connectivity index (χ1v) is 10.1. The number of rotatable bonds is 5. The Hall–Kier alpha value is -3.42. The Morgan fingerprint density at radius 1 is 0.914 bits per heavy atom. The highest BCUT2D eigenvalue weighted by atomic mass is 35.5. The van der Waals surface area contributed by atoms with Gasteiger partial charge in [0.15, 0.2) is 5.69 Å². The van der Waals surface area contributed by atoms with Crippen LogP contribution in [0.1, 0.15) is 57.6 Å². The van der Waals surface area contributed by atoms with Crippen LogP contribution in [0.2, 0.25) is 0 Å². The lowest BCUT2D eigenvalue weighted by molar-refractivity contribution is -0.143. The van der Waals surface area contributed by atoms with E-state index in [4.69, 9.17) is 11.6 Å². The second-order valence-corrected chi connectivity index (χ2v) is 7.89. The molecule has 0 aliphatic carbocycles. The zero-order valence-corrected chi connectivity index (χ0v) is 19.0. The van der Waals surface area contributed by atoms with Gasteiger partial charge in [-0.15, -0.1) is 11.6 Å². The lowest BCUT2D eigenvalue weighted by atomic mass is 10.0. The van der Waals surface area contributed by atoms with E-state index in [1.54, 1.807) is 0 Å². The normalized spacial score (nSPS) is 13.5. The Kier molecular flexibility index (Phi) is 8.31. The van der Waals surface area contributed by atoms with Crippen LogP contribution in [0.5, 0.6) is 0 Å². The van der Waals surface area contributed by atoms with Crippen molar-refractivity contribution >= 4 is 29.3 Å². The number of aromatic nitrogens is 2. The largest absolute Gasteiger partial charge is 0.416 e. The second-order valence-electron chi connectivity index (χ2n) is 7.23. The fraction of sp³-hybridized carbons (Fsp3) is 0.350. The van der Waals surface area contributed by atoms with Gasteiger partial charge in [0.1, 0.15) is 5.38 Å². The summed E-state index contributed by atoms with van der Waals surface area (Å²) in [6.07, 6.45) is -8.00. The van der Waals surface area contributed by atoms with Crippen LogP contribution >= 0.6 is 11.6 Å². The van der Waals surface area contributed by atoms with Crippen molar-refractivity contribution in [2.45, 2.75) is 37.6 Å². The van der Waals surface area contributed by atoms with Gasteiger partial charge in [0.05, 0.1) is 22.9 Å². The average molecular weight is 526 g/mol. The van der Waals surface area contributed by atoms with Gasteiger partial charge in [-0.1, -0.05) is 0 Å². The number of nitrogens with one attached hydrogen (secondary N) is 2. The van der Waals surface area contributed by atoms with Crippen molar-refractivity contribution in [3.05, 3.63) is 58.7 Å². The number of nitrogens with zero attached hydrogens (tertiary/aromatic N) is 3. The molecule has 1 aromatic carbocycles. The molecule has 1 aromatic heterocycles. The maximum Gasteiger partial charge on any atom is 0.416 e. The Labute approximate surface area is 199 Å². The van der Waals surface area contributed by atoms with Gasteiger partial charge in [0.25, 0.3) is 17.7 Å². The van der Waals surface area contributed by atoms with Crippen molar-refractivity contribution in [2.24, 2.45) is 0 Å². The summed E-state index contributed by atoms with van der Waals surface area (Å²) in [5.74, 6) is -2.87. The first-order valence-electron chi connectivity index (χ1n) is 9.66. The van der Waals surface area contributed by atoms with Crippen molar-refractivity contribution in [3.63, 3.8) is 0 Å². The number of hydrogen-bond acceptors (Lipinski definition) is 5. The fourth-order valence-electron chi connectivity index (χ4n) is 2.80. The van der Waals surface area contributed by atoms with Crippen LogP contribution < -0.4 is 10.7 Å². The third kappa shape index (κ3) is 7.04. The number of carbonyl (C=O) groups is 3. The molecule has 0 radical (unpaired) electrons. The van der Waals surface area contributed by atoms with E-state index in [1.165, 1.54) is 20.9 Å². The van der Waals surface area contributed by atoms with Crippen LogP contribution in [0.15, 0.2) is 30.6 Å². The molecule has 190 valence electrons. The molecule has 0 saturated heterocycles. The molecule has 0 aliphatic heterocycles. The summed E-state index contributed by atoms with van der Waals surface area (Å²) >= 11 is 5.67. The maximum atomic E-state index is 13.1. The molecule has 2 atom stereocenters. The van der Waals surface area contributed by atoms with Gasteiger partial charge in [-0.3, -0.25) is 29.8 Å². The summed E-state index contributed by atoms with van der Waals surface area (Å²) in [6, 6.07) is -0.746. The third-order valence-electron chi connectivity index (χ3n) is 4.49. The van der Waals surface area contributed by atoms with Crippen LogP contribution in [-0.4, -0.2) is 45.1 Å². The predicted molar refractivity (Wildman–Crippen MR) is 110 cm³/mol. The second kappa shape index (κ2) is 10.5. The van der Waals surface area contributed by atoms with Crippen LogP contribution in [0, 0.1) is 0 Å². The summed E-state index contributed by atoms with van der Waals surface area (Å²) in [6.45, 7) is 2.66. The number of hydrazine groups is 1. The summed E-state index contributed by atoms with van der Waals surface area (Å²) in [4.78, 5) is 44.7. The van der Waals surface area contributed by atoms with Crippen molar-refractivity contribution in [2.75, 3.05) is 7.05 Å². The van der Waals surface area contributed by atoms with Crippen LogP contribution in [0.3, 0.4) is 0 Å². The summed E-state index contributed by atoms with van der Waals surface area (Å²) in [5.41, 5.74) is -2.55. The van der Waals surface area contributed by atoms with Crippen LogP contribution in [0.4, 0.5) is 26.3 Å². The summed E-state index contributed by atoms with van der Waals surface area (Å²) < 4.78 is 78.5. The van der Waals surface area contributed by atoms with Crippen LogP contribution in [0.25, 0.3) is 0 Å². The third-order valence-corrected chi connectivity index (χ3v) is 4.68. The van der Waals surface area contributed by atoms with Gasteiger partial charge >= 0.3 is 12.4 Å². The summed E-state index contributed by atoms with van der Waals surface area (Å²) in [5, 5.41) is 2.03. The first-order chi connectivity index (χ1) is 16.0. The van der Waals surface area contributed by atoms with Crippen molar-refractivity contribution in [1.29, 1.82) is 0 Å². The van der Waals surface area contributed by atoms with E-state index in [1.807, 2.05) is 0 Å². The highest BCUT2D eigenvalue weighted by Crippen LogP contribution is 2.36. The molecule has 8 nitrogen and oxygen atoms in total. The minimum atomic E-state index is -5.14. The van der Waals surface area contributed by atoms with Crippen molar-refractivity contribution in [3.8, 4) is 0 Å². The highest BCUT2D eigenvalue weighted by Gasteiger charge is 2.37. The van der Waals surface area contributed by atoms with E-state index in [0.717, 1.165) is 17.4 Å². The van der Waals surface area contributed by atoms with Gasteiger partial charge in [0, 0.05) is 25.0 Å². The molecule has 3 amide bonds. The lowest BCUT2D eigenvalue weighted by Crippen LogP contribution is -2.46. The van der Waals surface area contributed by atoms with Crippen LogP contribution in [-0.2, 0) is 17.1 Å². The van der Waals surface area contributed by atoms with E-state index < -0.39 is 58.2 Å². The zero-order valence-electron chi connectivity index (χ0n) is 18.3. The molecule has 0 aliphatic rings. The zero-order chi connectivity index (χ0) is 26.7. The quantitative estimate of drug-likeness (QED) is 0.352. The molecular formula is C20H18ClF6N5O3. The van der Waals surface area contributed by atoms with Gasteiger partial charge in [-0.05, 0) is 32.0 Å². The molecular weight excluding hydrogens is 508 g/mol. The monoisotopic (exact) mass is 525 g/mol. The lowest BCUT2D eigenvalue weighted by Gasteiger charge is -2.21. The number of alkyl halides is 7. The topological polar surface area (TPSA) is 104 Å². The van der Waals surface area contributed by atoms with E-state index >= 15 is 0 Å². The molecule has 2 rings (SSSR count). The molecule has 0 fully saturated rings. The molecule has 0 spiro atoms. The Balaban J connectivity index is 2.33. The standard InChI is InChI=1S/C20H18ClF6N5O3/c1-9(21)18(35)32(3)31-17(34)15-14(28-4-5-29-15)10(2)30-16(33)11-6-12(19(22,23)24)8-13(7-11)20(25,26)27/h4-10H,1-3H3,(H,30,33)(H,31,34). The fourth-order valence-corrected chi connectivity index (χ4v) is 2.95. The van der Waals surface area contributed by atoms with Gasteiger partial charge < -0.3 is 5.32 Å². The molecule has 2 N–H and O–H groups in total. The Morgan fingerprint density at radius 2 is 1.43 bits per heavy atom. The number of benzene rings is 1. The average Bonchev–Trinajstić information content (AvgIpc) is 2.76. The first kappa shape index (κ1) is 27.8. The van der Waals surface area contributed by atoms with Gasteiger partial charge in [-0.2, -0.15) is 26.3 Å². The molecule has 15 heteroatoms. The number of hydrogen-bond donors (Lipinski definition) is 2. The van der Waals surface area contributed by atoms with E-state index in [-0.39, 0.29) is 29.6 Å². The van der Waals surface area contributed by atoms with Crippen molar-refractivity contribution < 1.29 is 40.7 Å². The van der Waals surface area contributed by atoms with E-state index in [9.17, 15) is 40.7 Å². The van der Waals surface area contributed by atoms with E-state index in [0.29, 0.717) is 0 Å². The SMILES string of the molecule is CC(Cl)C(=O)N(C)NC(=O)c1nccnc1C(C)NC(=O)c1cc(C(F)(F)F)cc(C(F)(F)F)c1. The molecule has 1 heterocycles. The Bertz CT molecular complexity index is 1090. The number of amides is 3. The van der Waals surface area contributed by atoms with Gasteiger partial charge in [0.2, 0.25) is 0 Å².